The number of benzene rings is 3. The highest BCUT2D eigenvalue weighted by Gasteiger charge is 2.11. The van der Waals surface area contributed by atoms with Gasteiger partial charge in [-0.15, -0.1) is 0 Å². The van der Waals surface area contributed by atoms with Crippen molar-refractivity contribution in [2.75, 3.05) is 7.11 Å². The van der Waals surface area contributed by atoms with Crippen molar-refractivity contribution in [1.82, 2.24) is 4.57 Å². The first-order chi connectivity index (χ1) is 14.5. The van der Waals surface area contributed by atoms with Gasteiger partial charge in [0.25, 0.3) is 5.91 Å². The molecule has 4 aromatic rings. The van der Waals surface area contributed by atoms with Gasteiger partial charge in [-0.25, -0.2) is 4.79 Å². The fourth-order valence-corrected chi connectivity index (χ4v) is 4.23. The Balaban J connectivity index is 1.79. The van der Waals surface area contributed by atoms with Gasteiger partial charge in [0, 0.05) is 5.56 Å². The number of aromatic nitrogens is 1. The highest BCUT2D eigenvalue weighted by molar-refractivity contribution is 7.16. The van der Waals surface area contributed by atoms with Gasteiger partial charge in [0.05, 0.1) is 29.4 Å². The summed E-state index contributed by atoms with van der Waals surface area (Å²) in [5.74, 6) is -0.657. The number of para-hydroxylation sites is 1. The average molecular weight is 417 g/mol. The molecule has 0 spiro atoms. The van der Waals surface area contributed by atoms with E-state index in [4.69, 9.17) is 4.74 Å². The first-order valence-corrected chi connectivity index (χ1v) is 10.3. The molecule has 0 aliphatic rings. The summed E-state index contributed by atoms with van der Waals surface area (Å²) in [6.45, 7) is 2.46. The summed E-state index contributed by atoms with van der Waals surface area (Å²) in [6, 6.07) is 22.6. The lowest BCUT2D eigenvalue weighted by Gasteiger charge is -2.07. The maximum atomic E-state index is 12.8. The Bertz CT molecular complexity index is 1300. The number of amides is 1. The van der Waals surface area contributed by atoms with Gasteiger partial charge in [-0.05, 0) is 48.9 Å². The van der Waals surface area contributed by atoms with Gasteiger partial charge in [-0.1, -0.05) is 53.3 Å². The SMILES string of the molecule is COC(=O)c1cccc(Cn2c(=NC(=O)c3ccc(C)cc3)sc3ccccc32)c1. The molecular formula is C24H20N2O3S. The van der Waals surface area contributed by atoms with Crippen molar-refractivity contribution >= 4 is 33.4 Å². The molecule has 0 bridgehead atoms. The van der Waals surface area contributed by atoms with E-state index < -0.39 is 0 Å². The van der Waals surface area contributed by atoms with Crippen LogP contribution in [0.3, 0.4) is 0 Å². The monoisotopic (exact) mass is 416 g/mol. The van der Waals surface area contributed by atoms with Crippen molar-refractivity contribution in [2.45, 2.75) is 13.5 Å². The van der Waals surface area contributed by atoms with Gasteiger partial charge in [0.1, 0.15) is 0 Å². The summed E-state index contributed by atoms with van der Waals surface area (Å²) < 4.78 is 7.86. The Morgan fingerprint density at radius 2 is 1.73 bits per heavy atom. The predicted molar refractivity (Wildman–Crippen MR) is 118 cm³/mol. The number of hydrogen-bond acceptors (Lipinski definition) is 4. The molecule has 4 rings (SSSR count). The van der Waals surface area contributed by atoms with Crippen molar-refractivity contribution < 1.29 is 14.3 Å². The van der Waals surface area contributed by atoms with Crippen molar-refractivity contribution in [2.24, 2.45) is 4.99 Å². The van der Waals surface area contributed by atoms with Crippen molar-refractivity contribution in [3.8, 4) is 0 Å². The molecule has 150 valence electrons. The smallest absolute Gasteiger partial charge is 0.337 e. The van der Waals surface area contributed by atoms with E-state index in [1.54, 1.807) is 24.3 Å². The fourth-order valence-electron chi connectivity index (χ4n) is 3.20. The van der Waals surface area contributed by atoms with Gasteiger partial charge < -0.3 is 9.30 Å². The van der Waals surface area contributed by atoms with Gasteiger partial charge in [-0.2, -0.15) is 4.99 Å². The number of nitrogens with zero attached hydrogens (tertiary/aromatic N) is 2. The van der Waals surface area contributed by atoms with Crippen LogP contribution in [-0.2, 0) is 11.3 Å². The first kappa shape index (κ1) is 19.8. The molecule has 0 saturated carbocycles. The van der Waals surface area contributed by atoms with E-state index in [0.29, 0.717) is 22.5 Å². The Labute approximate surface area is 177 Å². The van der Waals surface area contributed by atoms with E-state index >= 15 is 0 Å². The lowest BCUT2D eigenvalue weighted by atomic mass is 10.1. The largest absolute Gasteiger partial charge is 0.465 e. The molecule has 5 nitrogen and oxygen atoms in total. The summed E-state index contributed by atoms with van der Waals surface area (Å²) in [5, 5.41) is 0. The topological polar surface area (TPSA) is 60.7 Å². The number of thiazole rings is 1. The predicted octanol–water partition coefficient (Wildman–Crippen LogP) is 4.59. The Kier molecular flexibility index (Phi) is 5.59. The molecule has 6 heteroatoms. The summed E-state index contributed by atoms with van der Waals surface area (Å²) >= 11 is 1.47. The van der Waals surface area contributed by atoms with Gasteiger partial charge in [0.15, 0.2) is 4.80 Å². The third-order valence-electron chi connectivity index (χ3n) is 4.77. The van der Waals surface area contributed by atoms with Crippen LogP contribution in [-0.4, -0.2) is 23.6 Å². The van der Waals surface area contributed by atoms with Gasteiger partial charge >= 0.3 is 5.97 Å². The van der Waals surface area contributed by atoms with Gasteiger partial charge in [-0.3, -0.25) is 4.79 Å². The summed E-state index contributed by atoms with van der Waals surface area (Å²) in [7, 11) is 1.36. The molecule has 1 aromatic heterocycles. The molecule has 0 radical (unpaired) electrons. The lowest BCUT2D eigenvalue weighted by Crippen LogP contribution is -2.18. The van der Waals surface area contributed by atoms with Crippen molar-refractivity contribution in [3.63, 3.8) is 0 Å². The minimum Gasteiger partial charge on any atom is -0.465 e. The molecule has 0 fully saturated rings. The third-order valence-corrected chi connectivity index (χ3v) is 5.83. The number of aryl methyl sites for hydroxylation is 1. The first-order valence-electron chi connectivity index (χ1n) is 9.46. The summed E-state index contributed by atoms with van der Waals surface area (Å²) in [6.07, 6.45) is 0. The molecule has 30 heavy (non-hydrogen) atoms. The highest BCUT2D eigenvalue weighted by atomic mass is 32.1. The molecule has 0 unspecified atom stereocenters. The summed E-state index contributed by atoms with van der Waals surface area (Å²) in [5.41, 5.74) is 4.04. The maximum Gasteiger partial charge on any atom is 0.337 e. The normalized spacial score (nSPS) is 11.6. The zero-order chi connectivity index (χ0) is 21.1. The van der Waals surface area contributed by atoms with E-state index in [9.17, 15) is 9.59 Å². The number of hydrogen-bond donors (Lipinski definition) is 0. The molecule has 0 aliphatic heterocycles. The molecule has 0 N–H and O–H groups in total. The number of esters is 1. The minimum atomic E-state index is -0.378. The Hall–Kier alpha value is -3.51. The van der Waals surface area contributed by atoms with E-state index in [1.165, 1.54) is 18.4 Å². The fraction of sp³-hybridized carbons (Fsp3) is 0.125. The number of carbonyl (C=O) groups is 2. The van der Waals surface area contributed by atoms with Crippen LogP contribution in [0.4, 0.5) is 0 Å². The van der Waals surface area contributed by atoms with Crippen LogP contribution >= 0.6 is 11.3 Å². The number of carbonyl (C=O) groups excluding carboxylic acids is 2. The van der Waals surface area contributed by atoms with E-state index in [2.05, 4.69) is 4.99 Å². The van der Waals surface area contributed by atoms with Crippen LogP contribution in [0.5, 0.6) is 0 Å². The zero-order valence-electron chi connectivity index (χ0n) is 16.7. The molecule has 0 atom stereocenters. The number of fused-ring (bicyclic) bond motifs is 1. The van der Waals surface area contributed by atoms with Crippen LogP contribution in [0, 0.1) is 6.92 Å². The molecule has 0 aliphatic carbocycles. The second kappa shape index (κ2) is 8.47. The molecule has 1 heterocycles. The van der Waals surface area contributed by atoms with Crippen molar-refractivity contribution in [1.29, 1.82) is 0 Å². The maximum absolute atomic E-state index is 12.8. The van der Waals surface area contributed by atoms with Crippen LogP contribution < -0.4 is 4.80 Å². The zero-order valence-corrected chi connectivity index (χ0v) is 17.5. The third kappa shape index (κ3) is 4.09. The van der Waals surface area contributed by atoms with Crippen LogP contribution in [0.15, 0.2) is 77.8 Å². The Morgan fingerprint density at radius 1 is 0.967 bits per heavy atom. The number of ether oxygens (including phenoxy) is 1. The second-order valence-electron chi connectivity index (χ2n) is 6.91. The van der Waals surface area contributed by atoms with E-state index in [-0.39, 0.29) is 11.9 Å². The van der Waals surface area contributed by atoms with Crippen molar-refractivity contribution in [3.05, 3.63) is 99.9 Å². The van der Waals surface area contributed by atoms with Crippen LogP contribution in [0.1, 0.15) is 31.8 Å². The molecule has 1 amide bonds. The number of methoxy groups -OCH3 is 1. The highest BCUT2D eigenvalue weighted by Crippen LogP contribution is 2.19. The lowest BCUT2D eigenvalue weighted by molar-refractivity contribution is 0.0600. The summed E-state index contributed by atoms with van der Waals surface area (Å²) in [4.78, 5) is 29.7. The number of rotatable bonds is 4. The second-order valence-corrected chi connectivity index (χ2v) is 7.92. The van der Waals surface area contributed by atoms with E-state index in [1.807, 2.05) is 60.0 Å². The Morgan fingerprint density at radius 3 is 2.50 bits per heavy atom. The van der Waals surface area contributed by atoms with Crippen LogP contribution in [0.25, 0.3) is 10.2 Å². The molecule has 3 aromatic carbocycles. The molecular weight excluding hydrogens is 396 g/mol. The quantitative estimate of drug-likeness (QED) is 0.457. The molecule has 0 saturated heterocycles. The van der Waals surface area contributed by atoms with Crippen LogP contribution in [0.2, 0.25) is 0 Å². The standard InChI is InChI=1S/C24H20N2O3S/c1-16-10-12-18(13-11-16)22(27)25-24-26(20-8-3-4-9-21(20)30-24)15-17-6-5-7-19(14-17)23(28)29-2/h3-14H,15H2,1-2H3. The van der Waals surface area contributed by atoms with E-state index in [0.717, 1.165) is 21.3 Å². The minimum absolute atomic E-state index is 0.279. The average Bonchev–Trinajstić information content (AvgIpc) is 3.10. The van der Waals surface area contributed by atoms with Gasteiger partial charge in [0.2, 0.25) is 0 Å².